The molecule has 7 nitrogen and oxygen atoms in total. The molecule has 2 N–H and O–H groups in total. The number of halogens is 1. The number of thioether (sulfide) groups is 1. The van der Waals surface area contributed by atoms with Crippen LogP contribution in [-0.2, 0) is 11.3 Å². The fourth-order valence-electron chi connectivity index (χ4n) is 2.15. The van der Waals surface area contributed by atoms with Crippen LogP contribution in [0.15, 0.2) is 40.8 Å². The van der Waals surface area contributed by atoms with Crippen molar-refractivity contribution in [2.24, 2.45) is 0 Å². The Morgan fingerprint density at radius 3 is 2.88 bits per heavy atom. The predicted molar refractivity (Wildman–Crippen MR) is 104 cm³/mol. The Kier molecular flexibility index (Phi) is 7.23. The zero-order chi connectivity index (χ0) is 19.1. The molecule has 0 bridgehead atoms. The van der Waals surface area contributed by atoms with Crippen LogP contribution in [0.5, 0.6) is 0 Å². The molecule has 0 spiro atoms. The van der Waals surface area contributed by atoms with Gasteiger partial charge in [-0.05, 0) is 24.6 Å². The third kappa shape index (κ3) is 5.09. The molecule has 1 aromatic heterocycles. The van der Waals surface area contributed by atoms with E-state index < -0.39 is 11.9 Å². The van der Waals surface area contributed by atoms with Crippen molar-refractivity contribution in [2.75, 3.05) is 12.3 Å². The minimum Gasteiger partial charge on any atom is -0.338 e. The van der Waals surface area contributed by atoms with Gasteiger partial charge in [0.25, 0.3) is 5.56 Å². The Morgan fingerprint density at radius 1 is 1.42 bits per heavy atom. The first kappa shape index (κ1) is 20.0. The molecule has 0 aliphatic heterocycles. The lowest BCUT2D eigenvalue weighted by atomic mass is 10.2. The summed E-state index contributed by atoms with van der Waals surface area (Å²) in [5, 5.41) is 6.04. The molecule has 0 saturated carbocycles. The summed E-state index contributed by atoms with van der Waals surface area (Å²) in [6.45, 7) is 6.30. The summed E-state index contributed by atoms with van der Waals surface area (Å²) in [6.07, 6.45) is 2.35. The number of hydrogen-bond acceptors (Lipinski definition) is 5. The van der Waals surface area contributed by atoms with Crippen LogP contribution in [-0.4, -0.2) is 33.8 Å². The fraction of sp³-hybridized carbons (Fsp3) is 0.294. The molecule has 138 valence electrons. The Balaban J connectivity index is 2.21. The number of benzene rings is 1. The van der Waals surface area contributed by atoms with E-state index in [0.717, 1.165) is 18.2 Å². The molecule has 2 rings (SSSR count). The summed E-state index contributed by atoms with van der Waals surface area (Å²) in [5.74, 6) is -0.538. The number of imide groups is 1. The van der Waals surface area contributed by atoms with Gasteiger partial charge in [-0.1, -0.05) is 36.4 Å². The minimum absolute atomic E-state index is 0.0603. The first-order valence-electron chi connectivity index (χ1n) is 7.97. The molecule has 1 aromatic carbocycles. The Labute approximate surface area is 159 Å². The smallest absolute Gasteiger partial charge is 0.321 e. The number of urea groups is 1. The highest BCUT2D eigenvalue weighted by Gasteiger charge is 2.14. The van der Waals surface area contributed by atoms with E-state index in [1.165, 1.54) is 4.57 Å². The minimum atomic E-state index is -0.542. The number of amides is 3. The van der Waals surface area contributed by atoms with E-state index >= 15 is 0 Å². The normalized spacial score (nSPS) is 10.5. The lowest BCUT2D eigenvalue weighted by molar-refractivity contribution is -0.117. The van der Waals surface area contributed by atoms with E-state index in [-0.39, 0.29) is 17.9 Å². The first-order chi connectivity index (χ1) is 12.5. The van der Waals surface area contributed by atoms with Gasteiger partial charge in [-0.2, -0.15) is 0 Å². The average molecular weight is 395 g/mol. The number of nitrogens with one attached hydrogen (secondary N) is 2. The molecule has 9 heteroatoms. The van der Waals surface area contributed by atoms with E-state index in [9.17, 15) is 14.4 Å². The number of carbonyl (C=O) groups excluding carboxylic acids is 2. The molecule has 0 saturated heterocycles. The average Bonchev–Trinajstić information content (AvgIpc) is 2.60. The summed E-state index contributed by atoms with van der Waals surface area (Å²) in [7, 11) is 0. The number of hydrogen-bond donors (Lipinski definition) is 2. The predicted octanol–water partition coefficient (Wildman–Crippen LogP) is 2.56. The van der Waals surface area contributed by atoms with Crippen molar-refractivity contribution in [3.8, 4) is 0 Å². The van der Waals surface area contributed by atoms with E-state index in [2.05, 4.69) is 22.2 Å². The molecule has 0 radical (unpaired) electrons. The molecule has 2 aromatic rings. The number of rotatable bonds is 7. The first-order valence-corrected chi connectivity index (χ1v) is 9.34. The van der Waals surface area contributed by atoms with Crippen LogP contribution in [0.25, 0.3) is 10.9 Å². The van der Waals surface area contributed by atoms with Gasteiger partial charge in [0.15, 0.2) is 5.16 Å². The van der Waals surface area contributed by atoms with Crippen LogP contribution in [0.1, 0.15) is 13.3 Å². The second-order valence-electron chi connectivity index (χ2n) is 5.35. The van der Waals surface area contributed by atoms with Gasteiger partial charge in [0.05, 0.1) is 16.7 Å². The summed E-state index contributed by atoms with van der Waals surface area (Å²) >= 11 is 7.04. The SMILES string of the molecule is C=CCn1c(SCC(=O)NC(=O)NCCC)nc2cc(Cl)ccc2c1=O. The standard InChI is InChI=1S/C17H19ClN4O3S/c1-3-7-19-16(25)21-14(23)10-26-17-20-13-9-11(18)5-6-12(13)15(24)22(17)8-4-2/h4-6,9H,2-3,7-8,10H2,1H3,(H2,19,21,23,25). The van der Waals surface area contributed by atoms with Crippen molar-refractivity contribution in [1.82, 2.24) is 20.2 Å². The maximum atomic E-state index is 12.6. The number of allylic oxidation sites excluding steroid dienone is 1. The number of fused-ring (bicyclic) bond motifs is 1. The van der Waals surface area contributed by atoms with Crippen LogP contribution in [0.4, 0.5) is 4.79 Å². The summed E-state index contributed by atoms with van der Waals surface area (Å²) in [6, 6.07) is 4.30. The van der Waals surface area contributed by atoms with Gasteiger partial charge in [0.2, 0.25) is 5.91 Å². The molecule has 3 amide bonds. The Morgan fingerprint density at radius 2 is 2.19 bits per heavy atom. The van der Waals surface area contributed by atoms with Gasteiger partial charge in [-0.15, -0.1) is 6.58 Å². The molecular formula is C17H19ClN4O3S. The maximum absolute atomic E-state index is 12.6. The molecule has 1 heterocycles. The largest absolute Gasteiger partial charge is 0.338 e. The van der Waals surface area contributed by atoms with Crippen LogP contribution >= 0.6 is 23.4 Å². The second-order valence-corrected chi connectivity index (χ2v) is 6.73. The van der Waals surface area contributed by atoms with Gasteiger partial charge in [0.1, 0.15) is 0 Å². The topological polar surface area (TPSA) is 93.1 Å². The highest BCUT2D eigenvalue weighted by Crippen LogP contribution is 2.20. The van der Waals surface area contributed by atoms with Crippen LogP contribution in [0.2, 0.25) is 5.02 Å². The molecule has 0 aliphatic carbocycles. The summed E-state index contributed by atoms with van der Waals surface area (Å²) in [4.78, 5) is 40.5. The quantitative estimate of drug-likeness (QED) is 0.427. The third-order valence-electron chi connectivity index (χ3n) is 3.31. The van der Waals surface area contributed by atoms with Gasteiger partial charge < -0.3 is 5.32 Å². The van der Waals surface area contributed by atoms with Gasteiger partial charge in [-0.25, -0.2) is 9.78 Å². The van der Waals surface area contributed by atoms with E-state index in [1.54, 1.807) is 24.3 Å². The lowest BCUT2D eigenvalue weighted by Gasteiger charge is -2.11. The van der Waals surface area contributed by atoms with Gasteiger partial charge in [-0.3, -0.25) is 19.5 Å². The van der Waals surface area contributed by atoms with Gasteiger partial charge >= 0.3 is 6.03 Å². The van der Waals surface area contributed by atoms with E-state index in [1.807, 2.05) is 6.92 Å². The highest BCUT2D eigenvalue weighted by atomic mass is 35.5. The number of nitrogens with zero attached hydrogens (tertiary/aromatic N) is 2. The number of aromatic nitrogens is 2. The van der Waals surface area contributed by atoms with Crippen molar-refractivity contribution in [2.45, 2.75) is 25.0 Å². The van der Waals surface area contributed by atoms with Crippen molar-refractivity contribution in [1.29, 1.82) is 0 Å². The van der Waals surface area contributed by atoms with E-state index in [0.29, 0.717) is 27.6 Å². The Bertz CT molecular complexity index is 897. The molecule has 0 atom stereocenters. The van der Waals surface area contributed by atoms with Crippen molar-refractivity contribution in [3.05, 3.63) is 46.2 Å². The molecule has 0 fully saturated rings. The summed E-state index contributed by atoms with van der Waals surface area (Å²) in [5.41, 5.74) is 0.210. The van der Waals surface area contributed by atoms with E-state index in [4.69, 9.17) is 11.6 Å². The monoisotopic (exact) mass is 394 g/mol. The molecule has 0 unspecified atom stereocenters. The van der Waals surface area contributed by atoms with Crippen LogP contribution in [0.3, 0.4) is 0 Å². The molecular weight excluding hydrogens is 376 g/mol. The Hall–Kier alpha value is -2.32. The summed E-state index contributed by atoms with van der Waals surface area (Å²) < 4.78 is 1.43. The van der Waals surface area contributed by atoms with Crippen molar-refractivity contribution < 1.29 is 9.59 Å². The van der Waals surface area contributed by atoms with Crippen molar-refractivity contribution >= 4 is 46.2 Å². The zero-order valence-electron chi connectivity index (χ0n) is 14.3. The van der Waals surface area contributed by atoms with Crippen molar-refractivity contribution in [3.63, 3.8) is 0 Å². The van der Waals surface area contributed by atoms with Crippen LogP contribution in [0, 0.1) is 0 Å². The molecule has 26 heavy (non-hydrogen) atoms. The second kappa shape index (κ2) is 9.40. The third-order valence-corrected chi connectivity index (χ3v) is 4.53. The van der Waals surface area contributed by atoms with Crippen LogP contribution < -0.4 is 16.2 Å². The lowest BCUT2D eigenvalue weighted by Crippen LogP contribution is -2.40. The number of carbonyl (C=O) groups is 2. The fourth-order valence-corrected chi connectivity index (χ4v) is 3.12. The maximum Gasteiger partial charge on any atom is 0.321 e. The zero-order valence-corrected chi connectivity index (χ0v) is 15.8. The molecule has 0 aliphatic rings. The highest BCUT2D eigenvalue weighted by molar-refractivity contribution is 7.99. The van der Waals surface area contributed by atoms with Gasteiger partial charge in [0, 0.05) is 18.1 Å².